The molecule has 2 aliphatic heterocycles. The van der Waals surface area contributed by atoms with Crippen LogP contribution in [0.3, 0.4) is 0 Å². The van der Waals surface area contributed by atoms with Crippen molar-refractivity contribution in [2.24, 2.45) is 4.99 Å². The maximum Gasteiger partial charge on any atom is 0.259 e. The van der Waals surface area contributed by atoms with Gasteiger partial charge in [-0.1, -0.05) is 42.5 Å². The number of aliphatic imine (C=N–C) groups is 1. The van der Waals surface area contributed by atoms with Gasteiger partial charge in [-0.25, -0.2) is 9.89 Å². The van der Waals surface area contributed by atoms with Gasteiger partial charge in [0.15, 0.2) is 0 Å². The number of guanidine groups is 1. The first-order valence-electron chi connectivity index (χ1n) is 9.58. The van der Waals surface area contributed by atoms with Crippen molar-refractivity contribution in [1.29, 1.82) is 0 Å². The van der Waals surface area contributed by atoms with Gasteiger partial charge < -0.3 is 9.80 Å². The van der Waals surface area contributed by atoms with Crippen LogP contribution < -0.4 is 4.90 Å². The summed E-state index contributed by atoms with van der Waals surface area (Å²) in [7, 11) is 2.13. The number of hydrogen-bond acceptors (Lipinski definition) is 4. The van der Waals surface area contributed by atoms with Crippen molar-refractivity contribution >= 4 is 17.6 Å². The maximum atomic E-state index is 13.3. The van der Waals surface area contributed by atoms with Crippen molar-refractivity contribution in [1.82, 2.24) is 9.80 Å². The first-order valence-corrected chi connectivity index (χ1v) is 9.58. The van der Waals surface area contributed by atoms with Crippen molar-refractivity contribution in [3.8, 4) is 0 Å². The standard InChI is InChI=1S/C22H26N4O/c1-17-7-6-10-19(15-17)26-21(27)20(16-18-8-4-3-5-9-18)23-22(26)25-13-11-24(2)12-14-25/h3-10,15,20H,11-14,16H2,1-2H3. The zero-order valence-corrected chi connectivity index (χ0v) is 16.0. The third kappa shape index (κ3) is 3.74. The number of piperazine rings is 1. The van der Waals surface area contributed by atoms with Crippen molar-refractivity contribution in [3.05, 3.63) is 65.7 Å². The van der Waals surface area contributed by atoms with Crippen LogP contribution in [0.5, 0.6) is 0 Å². The van der Waals surface area contributed by atoms with Crippen LogP contribution in [-0.2, 0) is 11.2 Å². The Morgan fingerprint density at radius 2 is 1.74 bits per heavy atom. The molecule has 2 aromatic rings. The van der Waals surface area contributed by atoms with Crippen LogP contribution in [-0.4, -0.2) is 60.9 Å². The summed E-state index contributed by atoms with van der Waals surface area (Å²) in [5, 5.41) is 0. The molecule has 27 heavy (non-hydrogen) atoms. The molecule has 1 atom stereocenters. The lowest BCUT2D eigenvalue weighted by Crippen LogP contribution is -2.52. The highest BCUT2D eigenvalue weighted by atomic mass is 16.2. The van der Waals surface area contributed by atoms with Gasteiger partial charge in [0.2, 0.25) is 5.96 Å². The second-order valence-electron chi connectivity index (χ2n) is 7.44. The Hall–Kier alpha value is -2.66. The summed E-state index contributed by atoms with van der Waals surface area (Å²) in [6, 6.07) is 17.9. The second-order valence-corrected chi connectivity index (χ2v) is 7.44. The molecule has 2 aliphatic rings. The summed E-state index contributed by atoms with van der Waals surface area (Å²) in [6.45, 7) is 5.81. The molecule has 1 fully saturated rings. The Balaban J connectivity index is 1.65. The lowest BCUT2D eigenvalue weighted by Gasteiger charge is -2.36. The number of nitrogens with zero attached hydrogens (tertiary/aromatic N) is 4. The molecule has 0 radical (unpaired) electrons. The van der Waals surface area contributed by atoms with E-state index < -0.39 is 0 Å². The summed E-state index contributed by atoms with van der Waals surface area (Å²) in [6.07, 6.45) is 0.638. The van der Waals surface area contributed by atoms with E-state index in [9.17, 15) is 4.79 Å². The van der Waals surface area contributed by atoms with Crippen molar-refractivity contribution < 1.29 is 4.79 Å². The van der Waals surface area contributed by atoms with E-state index in [1.54, 1.807) is 0 Å². The molecular weight excluding hydrogens is 336 g/mol. The zero-order chi connectivity index (χ0) is 18.8. The lowest BCUT2D eigenvalue weighted by molar-refractivity contribution is -0.118. The van der Waals surface area contributed by atoms with E-state index in [4.69, 9.17) is 4.99 Å². The summed E-state index contributed by atoms with van der Waals surface area (Å²) in [5.41, 5.74) is 3.20. The Labute approximate surface area is 160 Å². The first kappa shape index (κ1) is 17.7. The number of hydrogen-bond donors (Lipinski definition) is 0. The van der Waals surface area contributed by atoms with E-state index in [1.165, 1.54) is 0 Å². The smallest absolute Gasteiger partial charge is 0.259 e. The highest BCUT2D eigenvalue weighted by Crippen LogP contribution is 2.26. The van der Waals surface area contributed by atoms with Crippen LogP contribution in [0.2, 0.25) is 0 Å². The molecule has 4 rings (SSSR count). The number of benzene rings is 2. The van der Waals surface area contributed by atoms with Gasteiger partial charge in [0, 0.05) is 32.6 Å². The normalized spacial score (nSPS) is 20.9. The van der Waals surface area contributed by atoms with Gasteiger partial charge in [-0.2, -0.15) is 0 Å². The topological polar surface area (TPSA) is 39.2 Å². The molecule has 5 heteroatoms. The highest BCUT2D eigenvalue weighted by molar-refractivity contribution is 6.22. The van der Waals surface area contributed by atoms with Gasteiger partial charge in [0.25, 0.3) is 5.91 Å². The summed E-state index contributed by atoms with van der Waals surface area (Å²) in [5.74, 6) is 0.873. The molecule has 0 spiro atoms. The largest absolute Gasteiger partial charge is 0.340 e. The van der Waals surface area contributed by atoms with Crippen LogP contribution in [0.25, 0.3) is 0 Å². The number of carbonyl (C=O) groups excluding carboxylic acids is 1. The zero-order valence-electron chi connectivity index (χ0n) is 16.0. The monoisotopic (exact) mass is 362 g/mol. The van der Waals surface area contributed by atoms with E-state index in [-0.39, 0.29) is 11.9 Å². The quantitative estimate of drug-likeness (QED) is 0.842. The highest BCUT2D eigenvalue weighted by Gasteiger charge is 2.38. The molecule has 5 nitrogen and oxygen atoms in total. The average Bonchev–Trinajstić information content (AvgIpc) is 2.99. The van der Waals surface area contributed by atoms with E-state index in [0.29, 0.717) is 6.42 Å². The molecule has 1 amide bonds. The predicted molar refractivity (Wildman–Crippen MR) is 109 cm³/mol. The Kier molecular flexibility index (Phi) is 4.94. The molecule has 0 N–H and O–H groups in total. The third-order valence-electron chi connectivity index (χ3n) is 5.29. The van der Waals surface area contributed by atoms with Crippen LogP contribution in [0.15, 0.2) is 59.6 Å². The van der Waals surface area contributed by atoms with E-state index >= 15 is 0 Å². The second kappa shape index (κ2) is 7.53. The van der Waals surface area contributed by atoms with Gasteiger partial charge in [-0.3, -0.25) is 4.79 Å². The number of carbonyl (C=O) groups is 1. The Morgan fingerprint density at radius 1 is 1.00 bits per heavy atom. The molecule has 2 heterocycles. The van der Waals surface area contributed by atoms with Crippen LogP contribution in [0.1, 0.15) is 11.1 Å². The van der Waals surface area contributed by atoms with Crippen molar-refractivity contribution in [2.75, 3.05) is 38.1 Å². The summed E-state index contributed by atoms with van der Waals surface area (Å²) < 4.78 is 0. The number of aryl methyl sites for hydroxylation is 1. The molecule has 1 saturated heterocycles. The van der Waals surface area contributed by atoms with Crippen LogP contribution >= 0.6 is 0 Å². The van der Waals surface area contributed by atoms with E-state index in [2.05, 4.69) is 48.0 Å². The minimum absolute atomic E-state index is 0.0679. The number of rotatable bonds is 3. The van der Waals surface area contributed by atoms with Gasteiger partial charge in [-0.05, 0) is 37.2 Å². The molecule has 2 aromatic carbocycles. The fourth-order valence-corrected chi connectivity index (χ4v) is 3.71. The Bertz CT molecular complexity index is 840. The van der Waals surface area contributed by atoms with Crippen LogP contribution in [0, 0.1) is 6.92 Å². The summed E-state index contributed by atoms with van der Waals surface area (Å²) >= 11 is 0. The number of likely N-dealkylation sites (N-methyl/N-ethyl adjacent to an activating group) is 1. The van der Waals surface area contributed by atoms with Crippen molar-refractivity contribution in [2.45, 2.75) is 19.4 Å². The van der Waals surface area contributed by atoms with Crippen LogP contribution in [0.4, 0.5) is 5.69 Å². The molecule has 0 saturated carbocycles. The van der Waals surface area contributed by atoms with Crippen molar-refractivity contribution in [3.63, 3.8) is 0 Å². The lowest BCUT2D eigenvalue weighted by atomic mass is 10.1. The van der Waals surface area contributed by atoms with Gasteiger partial charge in [0.05, 0.1) is 5.69 Å². The van der Waals surface area contributed by atoms with Gasteiger partial charge in [0.1, 0.15) is 6.04 Å². The number of amides is 1. The average molecular weight is 362 g/mol. The molecule has 140 valence electrons. The summed E-state index contributed by atoms with van der Waals surface area (Å²) in [4.78, 5) is 24.6. The number of anilines is 1. The maximum absolute atomic E-state index is 13.3. The molecular formula is C22H26N4O. The van der Waals surface area contributed by atoms with E-state index in [1.807, 2.05) is 35.2 Å². The van der Waals surface area contributed by atoms with Gasteiger partial charge >= 0.3 is 0 Å². The predicted octanol–water partition coefficient (Wildman–Crippen LogP) is 2.56. The first-order chi connectivity index (χ1) is 13.1. The minimum atomic E-state index is -0.359. The van der Waals surface area contributed by atoms with Gasteiger partial charge in [-0.15, -0.1) is 0 Å². The third-order valence-corrected chi connectivity index (χ3v) is 5.29. The molecule has 0 aliphatic carbocycles. The Morgan fingerprint density at radius 3 is 2.44 bits per heavy atom. The fourth-order valence-electron chi connectivity index (χ4n) is 3.71. The minimum Gasteiger partial charge on any atom is -0.340 e. The van der Waals surface area contributed by atoms with E-state index in [0.717, 1.165) is 49.0 Å². The molecule has 0 aromatic heterocycles. The molecule has 1 unspecified atom stereocenters. The fraction of sp³-hybridized carbons (Fsp3) is 0.364. The molecule has 0 bridgehead atoms. The SMILES string of the molecule is Cc1cccc(N2C(=O)C(Cc3ccccc3)N=C2N2CCN(C)CC2)c1.